The summed E-state index contributed by atoms with van der Waals surface area (Å²) in [4.78, 5) is 2.67. The first-order valence-corrected chi connectivity index (χ1v) is 5.94. The second kappa shape index (κ2) is 4.97. The molecule has 0 aromatic rings. The van der Waals surface area contributed by atoms with E-state index in [9.17, 15) is 0 Å². The minimum atomic E-state index is 0.715. The van der Waals surface area contributed by atoms with Crippen LogP contribution in [0.15, 0.2) is 0 Å². The fourth-order valence-electron chi connectivity index (χ4n) is 2.55. The molecule has 0 spiro atoms. The highest BCUT2D eigenvalue weighted by Gasteiger charge is 2.20. The first kappa shape index (κ1) is 9.47. The third kappa shape index (κ3) is 2.68. The molecule has 0 amide bonds. The highest BCUT2D eigenvalue weighted by atomic mass is 15.3. The quantitative estimate of drug-likeness (QED) is 0.667. The van der Waals surface area contributed by atoms with Crippen molar-refractivity contribution in [3.8, 4) is 0 Å². The number of nitrogens with one attached hydrogen (secondary N) is 1. The van der Waals surface area contributed by atoms with E-state index in [-0.39, 0.29) is 0 Å². The maximum absolute atomic E-state index is 3.64. The van der Waals surface area contributed by atoms with Crippen molar-refractivity contribution in [2.24, 2.45) is 0 Å². The third-order valence-corrected chi connectivity index (χ3v) is 3.37. The van der Waals surface area contributed by atoms with Crippen LogP contribution in [-0.4, -0.2) is 30.7 Å². The van der Waals surface area contributed by atoms with Crippen molar-refractivity contribution >= 4 is 0 Å². The van der Waals surface area contributed by atoms with Crippen LogP contribution in [0.1, 0.15) is 44.9 Å². The maximum Gasteiger partial charge on any atom is 0.0597 e. The maximum atomic E-state index is 3.64. The van der Waals surface area contributed by atoms with Crippen molar-refractivity contribution in [3.05, 3.63) is 0 Å². The van der Waals surface area contributed by atoms with Gasteiger partial charge in [0, 0.05) is 0 Å². The molecule has 2 nitrogen and oxygen atoms in total. The first-order chi connectivity index (χ1) is 6.47. The summed E-state index contributed by atoms with van der Waals surface area (Å²) in [6.07, 6.45) is 10.6. The highest BCUT2D eigenvalue weighted by Crippen LogP contribution is 2.16. The Morgan fingerprint density at radius 2 is 1.62 bits per heavy atom. The predicted octanol–water partition coefficient (Wildman–Crippen LogP) is 1.96. The standard InChI is InChI=1S/C11H22N2/c1-2-6-10-13(9-5-1)11-7-3-4-8-12-11/h11-12H,1-10H2. The molecule has 0 aliphatic carbocycles. The van der Waals surface area contributed by atoms with Crippen molar-refractivity contribution in [3.63, 3.8) is 0 Å². The van der Waals surface area contributed by atoms with Crippen LogP contribution in [0, 0.1) is 0 Å². The van der Waals surface area contributed by atoms with E-state index in [1.165, 1.54) is 64.6 Å². The lowest BCUT2D eigenvalue weighted by molar-refractivity contribution is 0.142. The molecule has 76 valence electrons. The second-order valence-electron chi connectivity index (χ2n) is 4.42. The van der Waals surface area contributed by atoms with Crippen LogP contribution in [0.2, 0.25) is 0 Å². The summed E-state index contributed by atoms with van der Waals surface area (Å²) in [5, 5.41) is 3.64. The summed E-state index contributed by atoms with van der Waals surface area (Å²) in [5.74, 6) is 0. The zero-order chi connectivity index (χ0) is 8.93. The number of likely N-dealkylation sites (tertiary alicyclic amines) is 1. The smallest absolute Gasteiger partial charge is 0.0597 e. The van der Waals surface area contributed by atoms with Gasteiger partial charge in [-0.2, -0.15) is 0 Å². The summed E-state index contributed by atoms with van der Waals surface area (Å²) < 4.78 is 0. The van der Waals surface area contributed by atoms with E-state index in [2.05, 4.69) is 10.2 Å². The Morgan fingerprint density at radius 1 is 0.846 bits per heavy atom. The normalized spacial score (nSPS) is 32.8. The van der Waals surface area contributed by atoms with Gasteiger partial charge in [-0.05, 0) is 51.7 Å². The van der Waals surface area contributed by atoms with Gasteiger partial charge in [0.2, 0.25) is 0 Å². The van der Waals surface area contributed by atoms with Crippen molar-refractivity contribution in [2.75, 3.05) is 19.6 Å². The zero-order valence-corrected chi connectivity index (χ0v) is 8.60. The van der Waals surface area contributed by atoms with E-state index in [4.69, 9.17) is 0 Å². The molecule has 2 saturated heterocycles. The summed E-state index contributed by atoms with van der Waals surface area (Å²) in [5.41, 5.74) is 0. The van der Waals surface area contributed by atoms with Crippen molar-refractivity contribution < 1.29 is 0 Å². The average Bonchev–Trinajstić information content (AvgIpc) is 2.47. The Hall–Kier alpha value is -0.0800. The summed E-state index contributed by atoms with van der Waals surface area (Å²) in [7, 11) is 0. The Morgan fingerprint density at radius 3 is 2.23 bits per heavy atom. The molecular weight excluding hydrogens is 160 g/mol. The van der Waals surface area contributed by atoms with Gasteiger partial charge in [0.05, 0.1) is 6.17 Å². The summed E-state index contributed by atoms with van der Waals surface area (Å²) >= 11 is 0. The Bertz CT molecular complexity index is 133. The van der Waals surface area contributed by atoms with Crippen LogP contribution in [0.3, 0.4) is 0 Å². The lowest BCUT2D eigenvalue weighted by Gasteiger charge is -2.34. The number of nitrogens with zero attached hydrogens (tertiary/aromatic N) is 1. The van der Waals surface area contributed by atoms with E-state index in [0.29, 0.717) is 6.17 Å². The molecule has 2 aliphatic rings. The number of piperidine rings is 1. The van der Waals surface area contributed by atoms with Gasteiger partial charge in [0.1, 0.15) is 0 Å². The van der Waals surface area contributed by atoms with Gasteiger partial charge in [0.25, 0.3) is 0 Å². The van der Waals surface area contributed by atoms with Gasteiger partial charge >= 0.3 is 0 Å². The Balaban J connectivity index is 1.82. The molecule has 0 aromatic heterocycles. The van der Waals surface area contributed by atoms with E-state index in [0.717, 1.165) is 0 Å². The SMILES string of the molecule is C1CCCN(C2CCCCN2)CC1. The lowest BCUT2D eigenvalue weighted by atomic mass is 10.1. The molecule has 2 heteroatoms. The molecular formula is C11H22N2. The Labute approximate surface area is 81.7 Å². The highest BCUT2D eigenvalue weighted by molar-refractivity contribution is 4.75. The first-order valence-electron chi connectivity index (χ1n) is 5.94. The van der Waals surface area contributed by atoms with Crippen LogP contribution < -0.4 is 5.32 Å². The third-order valence-electron chi connectivity index (χ3n) is 3.37. The lowest BCUT2D eigenvalue weighted by Crippen LogP contribution is -2.48. The van der Waals surface area contributed by atoms with Crippen LogP contribution in [-0.2, 0) is 0 Å². The molecule has 2 heterocycles. The fraction of sp³-hybridized carbons (Fsp3) is 1.00. The molecule has 1 atom stereocenters. The van der Waals surface area contributed by atoms with Crippen LogP contribution >= 0.6 is 0 Å². The fourth-order valence-corrected chi connectivity index (χ4v) is 2.55. The molecule has 13 heavy (non-hydrogen) atoms. The minimum absolute atomic E-state index is 0.715. The van der Waals surface area contributed by atoms with Crippen molar-refractivity contribution in [1.29, 1.82) is 0 Å². The number of rotatable bonds is 1. The van der Waals surface area contributed by atoms with Crippen molar-refractivity contribution in [2.45, 2.75) is 51.1 Å². The summed E-state index contributed by atoms with van der Waals surface area (Å²) in [6.45, 7) is 3.90. The molecule has 0 aromatic carbocycles. The predicted molar refractivity (Wildman–Crippen MR) is 55.7 cm³/mol. The van der Waals surface area contributed by atoms with E-state index in [1.807, 2.05) is 0 Å². The minimum Gasteiger partial charge on any atom is -0.302 e. The molecule has 0 bridgehead atoms. The topological polar surface area (TPSA) is 15.3 Å². The number of hydrogen-bond donors (Lipinski definition) is 1. The van der Waals surface area contributed by atoms with Gasteiger partial charge in [-0.25, -0.2) is 0 Å². The van der Waals surface area contributed by atoms with Crippen molar-refractivity contribution in [1.82, 2.24) is 10.2 Å². The monoisotopic (exact) mass is 182 g/mol. The van der Waals surface area contributed by atoms with E-state index in [1.54, 1.807) is 0 Å². The molecule has 1 N–H and O–H groups in total. The van der Waals surface area contributed by atoms with E-state index >= 15 is 0 Å². The molecule has 2 rings (SSSR count). The summed E-state index contributed by atoms with van der Waals surface area (Å²) in [6, 6.07) is 0. The number of hydrogen-bond acceptors (Lipinski definition) is 2. The molecule has 2 aliphatic heterocycles. The van der Waals surface area contributed by atoms with Gasteiger partial charge in [-0.15, -0.1) is 0 Å². The molecule has 1 unspecified atom stereocenters. The van der Waals surface area contributed by atoms with Gasteiger partial charge in [-0.3, -0.25) is 4.90 Å². The van der Waals surface area contributed by atoms with Crippen LogP contribution in [0.25, 0.3) is 0 Å². The van der Waals surface area contributed by atoms with E-state index < -0.39 is 0 Å². The second-order valence-corrected chi connectivity index (χ2v) is 4.42. The molecule has 0 saturated carbocycles. The molecule has 2 fully saturated rings. The largest absolute Gasteiger partial charge is 0.302 e. The molecule has 0 radical (unpaired) electrons. The van der Waals surface area contributed by atoms with Crippen LogP contribution in [0.4, 0.5) is 0 Å². The Kier molecular flexibility index (Phi) is 3.62. The average molecular weight is 182 g/mol. The van der Waals surface area contributed by atoms with Gasteiger partial charge in [-0.1, -0.05) is 12.8 Å². The van der Waals surface area contributed by atoms with Crippen LogP contribution in [0.5, 0.6) is 0 Å². The zero-order valence-electron chi connectivity index (χ0n) is 8.60. The van der Waals surface area contributed by atoms with Gasteiger partial charge in [0.15, 0.2) is 0 Å². The van der Waals surface area contributed by atoms with Gasteiger partial charge < -0.3 is 5.32 Å².